The van der Waals surface area contributed by atoms with Gasteiger partial charge in [0.15, 0.2) is 11.6 Å². The molecule has 0 N–H and O–H groups in total. The van der Waals surface area contributed by atoms with E-state index in [1.54, 1.807) is 0 Å². The van der Waals surface area contributed by atoms with Gasteiger partial charge in [0.1, 0.15) is 11.4 Å². The molecule has 5 heteroatoms. The third-order valence-corrected chi connectivity index (χ3v) is 5.96. The summed E-state index contributed by atoms with van der Waals surface area (Å²) in [4.78, 5) is 14.8. The second-order valence-electron chi connectivity index (χ2n) is 7.96. The minimum absolute atomic E-state index is 0.826. The normalized spacial score (nSPS) is 11.4. The Labute approximate surface area is 185 Å². The average Bonchev–Trinajstić information content (AvgIpc) is 3.37. The molecule has 6 aromatic rings. The van der Waals surface area contributed by atoms with E-state index in [4.69, 9.17) is 15.0 Å². The number of imidazole rings is 2. The van der Waals surface area contributed by atoms with Crippen molar-refractivity contribution in [3.8, 4) is 34.2 Å². The fourth-order valence-corrected chi connectivity index (χ4v) is 4.31. The van der Waals surface area contributed by atoms with Gasteiger partial charge in [-0.3, -0.25) is 0 Å². The molecule has 32 heavy (non-hydrogen) atoms. The molecule has 154 valence electrons. The van der Waals surface area contributed by atoms with Crippen LogP contribution in [0, 0.1) is 0 Å². The number of hydrogen-bond donors (Lipinski definition) is 0. The Balaban J connectivity index is 1.62. The van der Waals surface area contributed by atoms with Crippen LogP contribution < -0.4 is 0 Å². The molecule has 3 aromatic carbocycles. The Kier molecular flexibility index (Phi) is 4.15. The molecular formula is C27H21N5. The van der Waals surface area contributed by atoms with Gasteiger partial charge in [0.25, 0.3) is 0 Å². The summed E-state index contributed by atoms with van der Waals surface area (Å²) in [6, 6.07) is 30.9. The Hall–Kier alpha value is -4.25. The number of hydrogen-bond acceptors (Lipinski definition) is 3. The summed E-state index contributed by atoms with van der Waals surface area (Å²) >= 11 is 0. The van der Waals surface area contributed by atoms with Crippen LogP contribution in [0.25, 0.3) is 56.2 Å². The molecule has 0 aliphatic rings. The topological polar surface area (TPSA) is 48.5 Å². The van der Waals surface area contributed by atoms with Gasteiger partial charge in [-0.25, -0.2) is 15.0 Å². The van der Waals surface area contributed by atoms with E-state index in [2.05, 4.69) is 57.7 Å². The van der Waals surface area contributed by atoms with Crippen LogP contribution in [0.4, 0.5) is 0 Å². The maximum Gasteiger partial charge on any atom is 0.159 e. The van der Waals surface area contributed by atoms with Gasteiger partial charge in [0.2, 0.25) is 0 Å². The number of aryl methyl sites for hydroxylation is 2. The zero-order valence-electron chi connectivity index (χ0n) is 17.9. The van der Waals surface area contributed by atoms with E-state index >= 15 is 0 Å². The Morgan fingerprint density at radius 2 is 0.969 bits per heavy atom. The van der Waals surface area contributed by atoms with E-state index in [9.17, 15) is 0 Å². The Morgan fingerprint density at radius 3 is 1.47 bits per heavy atom. The minimum Gasteiger partial charge on any atom is -0.326 e. The molecular weight excluding hydrogens is 394 g/mol. The monoisotopic (exact) mass is 415 g/mol. The highest BCUT2D eigenvalue weighted by Gasteiger charge is 2.17. The van der Waals surface area contributed by atoms with Gasteiger partial charge in [-0.15, -0.1) is 0 Å². The number of pyridine rings is 1. The first-order valence-corrected chi connectivity index (χ1v) is 10.6. The van der Waals surface area contributed by atoms with Crippen molar-refractivity contribution >= 4 is 22.1 Å². The molecule has 0 unspecified atom stereocenters. The van der Waals surface area contributed by atoms with Crippen LogP contribution in [0.15, 0.2) is 91.0 Å². The summed E-state index contributed by atoms with van der Waals surface area (Å²) in [5.74, 6) is 1.67. The Morgan fingerprint density at radius 1 is 0.500 bits per heavy atom. The number of para-hydroxylation sites is 4. The van der Waals surface area contributed by atoms with E-state index in [-0.39, 0.29) is 0 Å². The number of nitrogens with zero attached hydrogens (tertiary/aromatic N) is 5. The molecule has 0 aliphatic carbocycles. The second kappa shape index (κ2) is 7.17. The molecule has 5 nitrogen and oxygen atoms in total. The quantitative estimate of drug-likeness (QED) is 0.364. The van der Waals surface area contributed by atoms with Gasteiger partial charge in [0, 0.05) is 14.1 Å². The lowest BCUT2D eigenvalue weighted by molar-refractivity contribution is 0.938. The lowest BCUT2D eigenvalue weighted by atomic mass is 10.0. The summed E-state index contributed by atoms with van der Waals surface area (Å²) in [5.41, 5.74) is 7.96. The molecule has 0 amide bonds. The zero-order chi connectivity index (χ0) is 21.7. The van der Waals surface area contributed by atoms with E-state index < -0.39 is 0 Å². The predicted octanol–water partition coefficient (Wildman–Crippen LogP) is 5.86. The Bertz CT molecular complexity index is 1490. The molecule has 3 aromatic heterocycles. The van der Waals surface area contributed by atoms with Crippen molar-refractivity contribution in [2.24, 2.45) is 14.1 Å². The van der Waals surface area contributed by atoms with Crippen LogP contribution in [-0.2, 0) is 14.1 Å². The van der Waals surface area contributed by atoms with Crippen LogP contribution in [0.2, 0.25) is 0 Å². The standard InChI is InChI=1S/C27H21N5/c1-31-24-14-8-6-12-20(24)29-26(31)22-16-19(18-10-4-3-5-11-18)17-23(28-22)27-30-21-13-7-9-15-25(21)32(27)2/h3-17H,1-2H3. The largest absolute Gasteiger partial charge is 0.326 e. The summed E-state index contributed by atoms with van der Waals surface area (Å²) in [6.45, 7) is 0. The fourth-order valence-electron chi connectivity index (χ4n) is 4.31. The zero-order valence-corrected chi connectivity index (χ0v) is 17.9. The van der Waals surface area contributed by atoms with Crippen LogP contribution in [-0.4, -0.2) is 24.1 Å². The highest BCUT2D eigenvalue weighted by molar-refractivity contribution is 5.83. The molecule has 0 spiro atoms. The van der Waals surface area contributed by atoms with Crippen molar-refractivity contribution in [3.63, 3.8) is 0 Å². The summed E-state index contributed by atoms with van der Waals surface area (Å²) < 4.78 is 4.20. The maximum atomic E-state index is 5.04. The van der Waals surface area contributed by atoms with Gasteiger partial charge >= 0.3 is 0 Å². The number of rotatable bonds is 3. The van der Waals surface area contributed by atoms with Crippen LogP contribution >= 0.6 is 0 Å². The highest BCUT2D eigenvalue weighted by Crippen LogP contribution is 2.31. The lowest BCUT2D eigenvalue weighted by Crippen LogP contribution is -2.00. The molecule has 0 fully saturated rings. The lowest BCUT2D eigenvalue weighted by Gasteiger charge is -2.10. The molecule has 0 aliphatic heterocycles. The van der Waals surface area contributed by atoms with Gasteiger partial charge < -0.3 is 9.13 Å². The van der Waals surface area contributed by atoms with E-state index in [1.165, 1.54) is 0 Å². The molecule has 0 saturated carbocycles. The third-order valence-electron chi connectivity index (χ3n) is 5.96. The molecule has 0 radical (unpaired) electrons. The molecule has 3 heterocycles. The SMILES string of the molecule is Cn1c(-c2cc(-c3ccccc3)cc(-c3nc4ccccc4n3C)n2)nc2ccccc21. The molecule has 0 saturated heterocycles. The van der Waals surface area contributed by atoms with Gasteiger partial charge in [-0.1, -0.05) is 54.6 Å². The first-order chi connectivity index (χ1) is 15.7. The second-order valence-corrected chi connectivity index (χ2v) is 7.96. The van der Waals surface area contributed by atoms with Gasteiger partial charge in [0.05, 0.1) is 22.1 Å². The maximum absolute atomic E-state index is 5.04. The van der Waals surface area contributed by atoms with Gasteiger partial charge in [-0.05, 0) is 47.5 Å². The van der Waals surface area contributed by atoms with Gasteiger partial charge in [-0.2, -0.15) is 0 Å². The van der Waals surface area contributed by atoms with E-state index in [0.717, 1.165) is 56.2 Å². The summed E-state index contributed by atoms with van der Waals surface area (Å²) in [5, 5.41) is 0. The highest BCUT2D eigenvalue weighted by atomic mass is 15.1. The molecule has 6 rings (SSSR count). The molecule has 0 atom stereocenters. The van der Waals surface area contributed by atoms with Crippen molar-refractivity contribution in [3.05, 3.63) is 91.0 Å². The van der Waals surface area contributed by atoms with Crippen molar-refractivity contribution < 1.29 is 0 Å². The minimum atomic E-state index is 0.826. The number of aromatic nitrogens is 5. The number of fused-ring (bicyclic) bond motifs is 2. The van der Waals surface area contributed by atoms with Crippen LogP contribution in [0.1, 0.15) is 0 Å². The molecule has 0 bridgehead atoms. The van der Waals surface area contributed by atoms with Crippen molar-refractivity contribution in [1.82, 2.24) is 24.1 Å². The smallest absolute Gasteiger partial charge is 0.159 e. The van der Waals surface area contributed by atoms with E-state index in [1.807, 2.05) is 56.6 Å². The first kappa shape index (κ1) is 18.5. The summed E-state index contributed by atoms with van der Waals surface area (Å²) in [7, 11) is 4.08. The van der Waals surface area contributed by atoms with Crippen LogP contribution in [0.5, 0.6) is 0 Å². The average molecular weight is 416 g/mol. The first-order valence-electron chi connectivity index (χ1n) is 10.6. The van der Waals surface area contributed by atoms with Crippen LogP contribution in [0.3, 0.4) is 0 Å². The van der Waals surface area contributed by atoms with E-state index in [0.29, 0.717) is 0 Å². The third kappa shape index (κ3) is 2.90. The fraction of sp³-hybridized carbons (Fsp3) is 0.0741. The van der Waals surface area contributed by atoms with Crippen molar-refractivity contribution in [2.75, 3.05) is 0 Å². The van der Waals surface area contributed by atoms with Crippen molar-refractivity contribution in [2.45, 2.75) is 0 Å². The predicted molar refractivity (Wildman–Crippen MR) is 129 cm³/mol. The summed E-state index contributed by atoms with van der Waals surface area (Å²) in [6.07, 6.45) is 0. The van der Waals surface area contributed by atoms with Crippen molar-refractivity contribution in [1.29, 1.82) is 0 Å². The number of benzene rings is 3.